The number of benzene rings is 1. The molecule has 1 saturated heterocycles. The molecule has 0 spiro atoms. The summed E-state index contributed by atoms with van der Waals surface area (Å²) in [4.78, 5) is 37.3. The smallest absolute Gasteiger partial charge is 0.318 e. The first-order valence-electron chi connectivity index (χ1n) is 9.73. The van der Waals surface area contributed by atoms with E-state index in [2.05, 4.69) is 5.32 Å². The number of hydrogen-bond donors (Lipinski definition) is 1. The Balaban J connectivity index is 1.83. The standard InChI is InChI=1S/C21H27NO7/c1-5-29-21(25)14-10-13-15(22-20(14)24)6-11(7-16(13)23)12-8-17(26-2)19(28-4)18(9-12)27-3/h8-9,11,13-15H,5-7,10H2,1-4H3,(H,22,24). The van der Waals surface area contributed by atoms with Crippen molar-refractivity contribution in [2.24, 2.45) is 11.8 Å². The number of Topliss-reactive ketones (excluding diaryl/α,β-unsaturated/α-hetero) is 1. The summed E-state index contributed by atoms with van der Waals surface area (Å²) in [6.45, 7) is 1.89. The summed E-state index contributed by atoms with van der Waals surface area (Å²) < 4.78 is 21.2. The van der Waals surface area contributed by atoms with E-state index < -0.39 is 11.9 Å². The number of hydrogen-bond acceptors (Lipinski definition) is 7. The number of carbonyl (C=O) groups excluding carboxylic acids is 3. The van der Waals surface area contributed by atoms with Crippen LogP contribution in [0.4, 0.5) is 0 Å². The van der Waals surface area contributed by atoms with Gasteiger partial charge in [-0.15, -0.1) is 0 Å². The molecule has 1 aliphatic heterocycles. The number of carbonyl (C=O) groups is 3. The third kappa shape index (κ3) is 4.02. The number of methoxy groups -OCH3 is 3. The van der Waals surface area contributed by atoms with Crippen LogP contribution in [0.3, 0.4) is 0 Å². The van der Waals surface area contributed by atoms with Gasteiger partial charge in [-0.1, -0.05) is 0 Å². The Morgan fingerprint density at radius 1 is 1.07 bits per heavy atom. The van der Waals surface area contributed by atoms with Gasteiger partial charge < -0.3 is 24.3 Å². The number of piperidine rings is 1. The molecule has 4 atom stereocenters. The van der Waals surface area contributed by atoms with Gasteiger partial charge in [0.25, 0.3) is 0 Å². The van der Waals surface area contributed by atoms with Gasteiger partial charge in [0.05, 0.1) is 27.9 Å². The van der Waals surface area contributed by atoms with Gasteiger partial charge in [-0.05, 0) is 43.4 Å². The number of esters is 1. The molecule has 1 heterocycles. The maximum atomic E-state index is 12.9. The van der Waals surface area contributed by atoms with Crippen molar-refractivity contribution >= 4 is 17.7 Å². The van der Waals surface area contributed by atoms with Gasteiger partial charge in [-0.25, -0.2) is 0 Å². The molecule has 4 unspecified atom stereocenters. The van der Waals surface area contributed by atoms with E-state index in [-0.39, 0.29) is 42.6 Å². The van der Waals surface area contributed by atoms with Gasteiger partial charge in [-0.3, -0.25) is 14.4 Å². The monoisotopic (exact) mass is 405 g/mol. The molecule has 0 bridgehead atoms. The molecule has 2 fully saturated rings. The van der Waals surface area contributed by atoms with E-state index in [1.807, 2.05) is 12.1 Å². The molecular formula is C21H27NO7. The second-order valence-electron chi connectivity index (χ2n) is 7.32. The molecule has 158 valence electrons. The number of rotatable bonds is 6. The van der Waals surface area contributed by atoms with Gasteiger partial charge in [0.1, 0.15) is 11.7 Å². The molecule has 8 nitrogen and oxygen atoms in total. The number of ether oxygens (including phenoxy) is 4. The first-order chi connectivity index (χ1) is 13.9. The molecule has 1 amide bonds. The van der Waals surface area contributed by atoms with Crippen molar-refractivity contribution in [3.05, 3.63) is 17.7 Å². The minimum absolute atomic E-state index is 0.0364. The highest BCUT2D eigenvalue weighted by Crippen LogP contribution is 2.44. The van der Waals surface area contributed by atoms with Crippen LogP contribution in [0.25, 0.3) is 0 Å². The second kappa shape index (κ2) is 8.71. The summed E-state index contributed by atoms with van der Waals surface area (Å²) in [7, 11) is 4.62. The summed E-state index contributed by atoms with van der Waals surface area (Å²) >= 11 is 0. The van der Waals surface area contributed by atoms with Crippen LogP contribution < -0.4 is 19.5 Å². The lowest BCUT2D eigenvalue weighted by atomic mass is 9.69. The molecule has 1 aromatic rings. The normalized spacial score (nSPS) is 26.2. The average molecular weight is 405 g/mol. The van der Waals surface area contributed by atoms with Gasteiger partial charge in [0.15, 0.2) is 11.5 Å². The van der Waals surface area contributed by atoms with Crippen molar-refractivity contribution < 1.29 is 33.3 Å². The van der Waals surface area contributed by atoms with Crippen LogP contribution >= 0.6 is 0 Å². The van der Waals surface area contributed by atoms with E-state index in [1.54, 1.807) is 21.1 Å². The summed E-state index contributed by atoms with van der Waals surface area (Å²) in [5.41, 5.74) is 0.882. The number of amides is 1. The van der Waals surface area contributed by atoms with Gasteiger partial charge in [0.2, 0.25) is 11.7 Å². The summed E-state index contributed by atoms with van der Waals surface area (Å²) in [5, 5.41) is 2.87. The van der Waals surface area contributed by atoms with Crippen molar-refractivity contribution in [2.75, 3.05) is 27.9 Å². The third-order valence-corrected chi connectivity index (χ3v) is 5.75. The van der Waals surface area contributed by atoms with Crippen molar-refractivity contribution in [3.63, 3.8) is 0 Å². The van der Waals surface area contributed by atoms with E-state index in [0.717, 1.165) is 5.56 Å². The van der Waals surface area contributed by atoms with Crippen LogP contribution in [0, 0.1) is 11.8 Å². The van der Waals surface area contributed by atoms with Crippen LogP contribution in [-0.4, -0.2) is 51.6 Å². The highest BCUT2D eigenvalue weighted by atomic mass is 16.5. The molecule has 1 aromatic carbocycles. The third-order valence-electron chi connectivity index (χ3n) is 5.75. The Morgan fingerprint density at radius 3 is 2.28 bits per heavy atom. The second-order valence-corrected chi connectivity index (χ2v) is 7.32. The minimum Gasteiger partial charge on any atom is -0.493 e. The van der Waals surface area contributed by atoms with Gasteiger partial charge in [0, 0.05) is 18.4 Å². The van der Waals surface area contributed by atoms with Crippen LogP contribution in [0.15, 0.2) is 12.1 Å². The van der Waals surface area contributed by atoms with Gasteiger partial charge >= 0.3 is 5.97 Å². The van der Waals surface area contributed by atoms with E-state index in [0.29, 0.717) is 30.1 Å². The minimum atomic E-state index is -0.919. The fourth-order valence-corrected chi connectivity index (χ4v) is 4.31. The van der Waals surface area contributed by atoms with Crippen molar-refractivity contribution in [3.8, 4) is 17.2 Å². The Kier molecular flexibility index (Phi) is 6.30. The van der Waals surface area contributed by atoms with Crippen molar-refractivity contribution in [1.82, 2.24) is 5.32 Å². The summed E-state index contributed by atoms with van der Waals surface area (Å²) in [6, 6.07) is 3.37. The molecular weight excluding hydrogens is 378 g/mol. The molecule has 2 aliphatic rings. The average Bonchev–Trinajstić information content (AvgIpc) is 2.72. The van der Waals surface area contributed by atoms with Crippen LogP contribution in [0.2, 0.25) is 0 Å². The van der Waals surface area contributed by atoms with E-state index in [9.17, 15) is 14.4 Å². The number of ketones is 1. The largest absolute Gasteiger partial charge is 0.493 e. The number of fused-ring (bicyclic) bond motifs is 1. The highest BCUT2D eigenvalue weighted by molar-refractivity contribution is 6.00. The van der Waals surface area contributed by atoms with Crippen LogP contribution in [-0.2, 0) is 19.1 Å². The molecule has 3 rings (SSSR count). The molecule has 0 radical (unpaired) electrons. The Labute approximate surface area is 169 Å². The van der Waals surface area contributed by atoms with E-state index in [4.69, 9.17) is 18.9 Å². The van der Waals surface area contributed by atoms with Crippen LogP contribution in [0.1, 0.15) is 37.7 Å². The fraction of sp³-hybridized carbons (Fsp3) is 0.571. The number of nitrogens with one attached hydrogen (secondary N) is 1. The SMILES string of the molecule is CCOC(=O)C1CC2C(=O)CC(c3cc(OC)c(OC)c(OC)c3)CC2NC1=O. The van der Waals surface area contributed by atoms with E-state index >= 15 is 0 Å². The highest BCUT2D eigenvalue weighted by Gasteiger charge is 2.46. The summed E-state index contributed by atoms with van der Waals surface area (Å²) in [5.74, 6) is -0.768. The first-order valence-corrected chi connectivity index (χ1v) is 9.73. The van der Waals surface area contributed by atoms with Crippen molar-refractivity contribution in [1.29, 1.82) is 0 Å². The van der Waals surface area contributed by atoms with E-state index in [1.165, 1.54) is 7.11 Å². The van der Waals surface area contributed by atoms with Crippen LogP contribution in [0.5, 0.6) is 17.2 Å². The molecule has 1 N–H and O–H groups in total. The van der Waals surface area contributed by atoms with Crippen molar-refractivity contribution in [2.45, 2.75) is 38.1 Å². The van der Waals surface area contributed by atoms with Gasteiger partial charge in [-0.2, -0.15) is 0 Å². The zero-order chi connectivity index (χ0) is 21.1. The Bertz CT molecular complexity index is 781. The molecule has 29 heavy (non-hydrogen) atoms. The topological polar surface area (TPSA) is 100 Å². The first kappa shape index (κ1) is 21.0. The Hall–Kier alpha value is -2.77. The molecule has 8 heteroatoms. The lowest BCUT2D eigenvalue weighted by Gasteiger charge is -2.40. The lowest BCUT2D eigenvalue weighted by molar-refractivity contribution is -0.156. The summed E-state index contributed by atoms with van der Waals surface area (Å²) in [6.07, 6.45) is 1.12. The maximum absolute atomic E-state index is 12.9. The Morgan fingerprint density at radius 2 is 1.72 bits per heavy atom. The predicted molar refractivity (Wildman–Crippen MR) is 103 cm³/mol. The zero-order valence-electron chi connectivity index (χ0n) is 17.2. The lowest BCUT2D eigenvalue weighted by Crippen LogP contribution is -2.56. The quantitative estimate of drug-likeness (QED) is 0.569. The molecule has 0 aromatic heterocycles. The zero-order valence-corrected chi connectivity index (χ0v) is 17.2. The molecule has 1 aliphatic carbocycles. The predicted octanol–water partition coefficient (Wildman–Crippen LogP) is 1.84. The maximum Gasteiger partial charge on any atom is 0.318 e. The fourth-order valence-electron chi connectivity index (χ4n) is 4.31. The molecule has 1 saturated carbocycles.